The zero-order valence-corrected chi connectivity index (χ0v) is 15.7. The summed E-state index contributed by atoms with van der Waals surface area (Å²) in [6.07, 6.45) is -5.69. The Hall–Kier alpha value is -3.07. The van der Waals surface area contributed by atoms with Gasteiger partial charge in [-0.3, -0.25) is 4.79 Å². The number of aromatic amines is 1. The average molecular weight is 422 g/mol. The molecule has 4 N–H and O–H groups in total. The van der Waals surface area contributed by atoms with E-state index in [4.69, 9.17) is 0 Å². The molecule has 1 aliphatic carbocycles. The van der Waals surface area contributed by atoms with E-state index in [-0.39, 0.29) is 33.5 Å². The number of phenolic OH excluding ortho intramolecular Hbond substituents is 1. The van der Waals surface area contributed by atoms with E-state index in [1.807, 2.05) is 0 Å². The summed E-state index contributed by atoms with van der Waals surface area (Å²) in [6, 6.07) is 7.02. The van der Waals surface area contributed by atoms with Crippen LogP contribution in [0.5, 0.6) is 5.75 Å². The number of H-pyrrole nitrogens is 1. The predicted molar refractivity (Wildman–Crippen MR) is 103 cm³/mol. The van der Waals surface area contributed by atoms with E-state index in [9.17, 15) is 32.6 Å². The van der Waals surface area contributed by atoms with Gasteiger partial charge in [-0.05, 0) is 42.2 Å². The van der Waals surface area contributed by atoms with Crippen LogP contribution in [0.2, 0.25) is 0 Å². The second kappa shape index (κ2) is 6.73. The van der Waals surface area contributed by atoms with Gasteiger partial charge in [-0.2, -0.15) is 13.2 Å². The van der Waals surface area contributed by atoms with Crippen LogP contribution < -0.4 is 10.9 Å². The molecule has 30 heavy (non-hydrogen) atoms. The maximum absolute atomic E-state index is 14.1. The number of pyridine rings is 1. The smallest absolute Gasteiger partial charge is 0.419 e. The lowest BCUT2D eigenvalue weighted by Gasteiger charge is -2.45. The Morgan fingerprint density at radius 1 is 1.20 bits per heavy atom. The third-order valence-electron chi connectivity index (χ3n) is 5.61. The molecule has 0 saturated heterocycles. The predicted octanol–water partition coefficient (Wildman–Crippen LogP) is 4.33. The number of aromatic hydroxyl groups is 1. The number of hydrogen-bond acceptors (Lipinski definition) is 4. The molecular formula is C21H18F4N2O3. The largest absolute Gasteiger partial charge is 0.508 e. The molecule has 2 aromatic carbocycles. The molecule has 0 aliphatic heterocycles. The number of fused-ring (bicyclic) bond motifs is 2. The summed E-state index contributed by atoms with van der Waals surface area (Å²) in [5.74, 6) is -1.72. The van der Waals surface area contributed by atoms with Gasteiger partial charge in [-0.15, -0.1) is 0 Å². The molecule has 1 aliphatic rings. The van der Waals surface area contributed by atoms with E-state index in [2.05, 4.69) is 10.3 Å². The summed E-state index contributed by atoms with van der Waals surface area (Å²) < 4.78 is 56.2. The first-order chi connectivity index (χ1) is 14.0. The second-order valence-electron chi connectivity index (χ2n) is 7.62. The molecule has 3 atom stereocenters. The number of aliphatic hydroxyl groups is 1. The summed E-state index contributed by atoms with van der Waals surface area (Å²) >= 11 is 0. The van der Waals surface area contributed by atoms with Crippen molar-refractivity contribution in [3.63, 3.8) is 0 Å². The summed E-state index contributed by atoms with van der Waals surface area (Å²) in [5.41, 5.74) is -3.24. The minimum Gasteiger partial charge on any atom is -0.508 e. The molecule has 1 heterocycles. The van der Waals surface area contributed by atoms with E-state index in [1.54, 1.807) is 0 Å². The molecule has 9 heteroatoms. The Kier molecular flexibility index (Phi) is 4.54. The summed E-state index contributed by atoms with van der Waals surface area (Å²) in [4.78, 5) is 14.0. The van der Waals surface area contributed by atoms with Gasteiger partial charge in [0.05, 0.1) is 11.6 Å². The zero-order valence-electron chi connectivity index (χ0n) is 15.7. The lowest BCUT2D eigenvalue weighted by molar-refractivity contribution is -0.272. The van der Waals surface area contributed by atoms with Crippen LogP contribution in [0.4, 0.5) is 23.2 Å². The van der Waals surface area contributed by atoms with E-state index >= 15 is 0 Å². The van der Waals surface area contributed by atoms with Crippen molar-refractivity contribution >= 4 is 16.6 Å². The van der Waals surface area contributed by atoms with Crippen LogP contribution >= 0.6 is 0 Å². The zero-order chi connectivity index (χ0) is 21.8. The fourth-order valence-corrected chi connectivity index (χ4v) is 4.29. The number of aromatic nitrogens is 1. The Morgan fingerprint density at radius 3 is 2.63 bits per heavy atom. The Bertz CT molecular complexity index is 1190. The molecule has 0 amide bonds. The second-order valence-corrected chi connectivity index (χ2v) is 7.62. The summed E-state index contributed by atoms with van der Waals surface area (Å²) in [5, 5.41) is 24.0. The molecule has 158 valence electrons. The normalized spacial score (nSPS) is 23.9. The highest BCUT2D eigenvalue weighted by Crippen LogP contribution is 2.54. The molecule has 0 bridgehead atoms. The van der Waals surface area contributed by atoms with Crippen molar-refractivity contribution in [3.05, 3.63) is 69.8 Å². The molecule has 0 unspecified atom stereocenters. The van der Waals surface area contributed by atoms with Crippen molar-refractivity contribution < 1.29 is 27.8 Å². The first kappa shape index (κ1) is 20.2. The summed E-state index contributed by atoms with van der Waals surface area (Å²) in [7, 11) is 0. The number of hydrogen-bond donors (Lipinski definition) is 4. The van der Waals surface area contributed by atoms with Crippen molar-refractivity contribution in [2.75, 3.05) is 5.32 Å². The molecule has 0 saturated carbocycles. The van der Waals surface area contributed by atoms with Crippen LogP contribution in [0.3, 0.4) is 0 Å². The minimum atomic E-state index is -5.00. The van der Waals surface area contributed by atoms with Crippen LogP contribution in [0, 0.1) is 5.82 Å². The van der Waals surface area contributed by atoms with Gasteiger partial charge in [0, 0.05) is 22.7 Å². The standard InChI is InChI=1S/C21H18F4N2O3/c1-10-9-20(30,21(23,24)25)19(13-3-2-4-16(28)18(10)13)27-15-8-11(22)7-14-12(15)5-6-17(29)26-14/h2-8,10,19,27-28,30H,9H2,1H3,(H,26,29)/t10-,19+,20-/m0/s1. The van der Waals surface area contributed by atoms with E-state index in [0.717, 1.165) is 12.1 Å². The number of halogens is 4. The van der Waals surface area contributed by atoms with Gasteiger partial charge >= 0.3 is 6.18 Å². The van der Waals surface area contributed by atoms with Crippen LogP contribution in [0.25, 0.3) is 10.9 Å². The van der Waals surface area contributed by atoms with E-state index in [0.29, 0.717) is 0 Å². The van der Waals surface area contributed by atoms with Crippen LogP contribution in [-0.4, -0.2) is 27.0 Å². The molecule has 0 spiro atoms. The Balaban J connectivity index is 1.94. The van der Waals surface area contributed by atoms with Crippen molar-refractivity contribution in [2.24, 2.45) is 0 Å². The number of phenols is 1. The maximum Gasteiger partial charge on any atom is 0.419 e. The molecular weight excluding hydrogens is 404 g/mol. The molecule has 0 fully saturated rings. The van der Waals surface area contributed by atoms with Crippen LogP contribution in [0.1, 0.15) is 36.4 Å². The highest BCUT2D eigenvalue weighted by atomic mass is 19.4. The lowest BCUT2D eigenvalue weighted by Crippen LogP contribution is -2.55. The van der Waals surface area contributed by atoms with Gasteiger partial charge in [0.1, 0.15) is 11.6 Å². The van der Waals surface area contributed by atoms with Crippen molar-refractivity contribution in [3.8, 4) is 5.75 Å². The van der Waals surface area contributed by atoms with Crippen molar-refractivity contribution in [2.45, 2.75) is 37.1 Å². The quantitative estimate of drug-likeness (QED) is 0.463. The fraction of sp³-hybridized carbons (Fsp3) is 0.286. The van der Waals surface area contributed by atoms with Gasteiger partial charge in [0.15, 0.2) is 5.60 Å². The first-order valence-electron chi connectivity index (χ1n) is 9.21. The lowest BCUT2D eigenvalue weighted by atomic mass is 9.70. The number of anilines is 1. The Morgan fingerprint density at radius 2 is 1.93 bits per heavy atom. The molecule has 5 nitrogen and oxygen atoms in total. The van der Waals surface area contributed by atoms with Crippen molar-refractivity contribution in [1.82, 2.24) is 4.98 Å². The first-order valence-corrected chi connectivity index (χ1v) is 9.21. The molecule has 0 radical (unpaired) electrons. The van der Waals surface area contributed by atoms with Crippen LogP contribution in [-0.2, 0) is 0 Å². The van der Waals surface area contributed by atoms with Gasteiger partial charge in [-0.1, -0.05) is 19.1 Å². The minimum absolute atomic E-state index is 0.0298. The molecule has 1 aromatic heterocycles. The SMILES string of the molecule is C[C@H]1C[C@@](O)(C(F)(F)F)[C@H](Nc2cc(F)cc3[nH]c(=O)ccc23)c2cccc(O)c21. The highest BCUT2D eigenvalue weighted by molar-refractivity contribution is 5.91. The molecule has 4 rings (SSSR count). The van der Waals surface area contributed by atoms with E-state index < -0.39 is 41.5 Å². The van der Waals surface area contributed by atoms with Gasteiger partial charge in [0.25, 0.3) is 0 Å². The topological polar surface area (TPSA) is 85.4 Å². The van der Waals surface area contributed by atoms with E-state index in [1.165, 1.54) is 37.3 Å². The van der Waals surface area contributed by atoms with Gasteiger partial charge in [-0.25, -0.2) is 4.39 Å². The number of rotatable bonds is 2. The van der Waals surface area contributed by atoms with Crippen LogP contribution in [0.15, 0.2) is 47.3 Å². The summed E-state index contributed by atoms with van der Waals surface area (Å²) in [6.45, 7) is 1.49. The van der Waals surface area contributed by atoms with Gasteiger partial charge < -0.3 is 20.5 Å². The van der Waals surface area contributed by atoms with Gasteiger partial charge in [0.2, 0.25) is 5.56 Å². The maximum atomic E-state index is 14.1. The number of nitrogens with one attached hydrogen (secondary N) is 2. The molecule has 3 aromatic rings. The number of alkyl halides is 3. The fourth-order valence-electron chi connectivity index (χ4n) is 4.29. The number of benzene rings is 2. The third kappa shape index (κ3) is 3.09. The highest BCUT2D eigenvalue weighted by Gasteiger charge is 2.62. The monoisotopic (exact) mass is 422 g/mol. The van der Waals surface area contributed by atoms with Crippen molar-refractivity contribution in [1.29, 1.82) is 0 Å². The average Bonchev–Trinajstić information content (AvgIpc) is 2.63. The third-order valence-corrected chi connectivity index (χ3v) is 5.61. The Labute approximate surface area is 168 Å².